The first-order chi connectivity index (χ1) is 11.1. The van der Waals surface area contributed by atoms with E-state index in [-0.39, 0.29) is 6.03 Å². The molecule has 0 bridgehead atoms. The zero-order valence-corrected chi connectivity index (χ0v) is 14.3. The molecular weight excluding hydrogens is 290 g/mol. The van der Waals surface area contributed by atoms with Gasteiger partial charge in [-0.2, -0.15) is 5.10 Å². The highest BCUT2D eigenvalue weighted by atomic mass is 16.2. The van der Waals surface area contributed by atoms with Crippen LogP contribution in [0.2, 0.25) is 0 Å². The Bertz CT molecular complexity index is 503. The van der Waals surface area contributed by atoms with Gasteiger partial charge in [0.15, 0.2) is 0 Å². The minimum atomic E-state index is 0.122. The van der Waals surface area contributed by atoms with E-state index in [0.717, 1.165) is 39.0 Å². The summed E-state index contributed by atoms with van der Waals surface area (Å²) in [6, 6.07) is 2.48. The molecule has 0 aliphatic carbocycles. The molecule has 128 valence electrons. The number of carbonyl (C=O) groups is 1. The molecule has 2 fully saturated rings. The van der Waals surface area contributed by atoms with Gasteiger partial charge in [0.05, 0.1) is 0 Å². The van der Waals surface area contributed by atoms with Crippen molar-refractivity contribution in [3.63, 3.8) is 0 Å². The summed E-state index contributed by atoms with van der Waals surface area (Å²) in [7, 11) is 2.19. The van der Waals surface area contributed by atoms with Crippen molar-refractivity contribution in [3.05, 3.63) is 18.5 Å². The van der Waals surface area contributed by atoms with Crippen LogP contribution in [0, 0.1) is 11.8 Å². The van der Waals surface area contributed by atoms with Gasteiger partial charge in [0, 0.05) is 44.6 Å². The molecule has 2 amide bonds. The van der Waals surface area contributed by atoms with Crippen LogP contribution in [0.5, 0.6) is 0 Å². The summed E-state index contributed by atoms with van der Waals surface area (Å²) in [4.78, 5) is 17.1. The molecule has 1 aromatic heterocycles. The van der Waals surface area contributed by atoms with Crippen molar-refractivity contribution >= 4 is 6.03 Å². The number of fused-ring (bicyclic) bond motifs is 1. The third-order valence-electron chi connectivity index (χ3n) is 5.19. The van der Waals surface area contributed by atoms with E-state index in [1.54, 1.807) is 6.20 Å². The number of hydrogen-bond donors (Lipinski definition) is 1. The van der Waals surface area contributed by atoms with Gasteiger partial charge in [-0.25, -0.2) is 4.79 Å². The van der Waals surface area contributed by atoms with Crippen molar-refractivity contribution in [1.82, 2.24) is 24.9 Å². The number of aromatic nitrogens is 2. The van der Waals surface area contributed by atoms with Gasteiger partial charge in [0.25, 0.3) is 0 Å². The number of amides is 2. The summed E-state index contributed by atoms with van der Waals surface area (Å²) in [6.07, 6.45) is 7.25. The molecule has 0 unspecified atom stereocenters. The molecule has 23 heavy (non-hydrogen) atoms. The first-order valence-corrected chi connectivity index (χ1v) is 8.84. The fourth-order valence-electron chi connectivity index (χ4n) is 3.99. The van der Waals surface area contributed by atoms with E-state index in [4.69, 9.17) is 0 Å². The Hall–Kier alpha value is -1.56. The van der Waals surface area contributed by atoms with Crippen LogP contribution in [0.4, 0.5) is 4.79 Å². The SMILES string of the molecule is C[C@H](CNC(=O)N1CCC[C@H]2CN(C)CC[C@H]21)Cn1cccn1. The van der Waals surface area contributed by atoms with Gasteiger partial charge >= 0.3 is 6.03 Å². The number of hydrogen-bond acceptors (Lipinski definition) is 3. The lowest BCUT2D eigenvalue weighted by Gasteiger charge is -2.46. The Morgan fingerprint density at radius 3 is 3.04 bits per heavy atom. The van der Waals surface area contributed by atoms with Crippen molar-refractivity contribution in [3.8, 4) is 0 Å². The number of carbonyl (C=O) groups excluding carboxylic acids is 1. The first-order valence-electron chi connectivity index (χ1n) is 8.84. The number of piperidine rings is 2. The van der Waals surface area contributed by atoms with Crippen molar-refractivity contribution in [1.29, 1.82) is 0 Å². The van der Waals surface area contributed by atoms with Crippen LogP contribution in [-0.4, -0.2) is 64.9 Å². The van der Waals surface area contributed by atoms with Gasteiger partial charge in [-0.15, -0.1) is 0 Å². The summed E-state index contributed by atoms with van der Waals surface area (Å²) in [5.41, 5.74) is 0. The lowest BCUT2D eigenvalue weighted by molar-refractivity contribution is 0.0530. The number of nitrogens with one attached hydrogen (secondary N) is 1. The van der Waals surface area contributed by atoms with Gasteiger partial charge < -0.3 is 15.1 Å². The zero-order valence-electron chi connectivity index (χ0n) is 14.3. The van der Waals surface area contributed by atoms with Crippen LogP contribution in [0.15, 0.2) is 18.5 Å². The Labute approximate surface area is 138 Å². The largest absolute Gasteiger partial charge is 0.338 e. The lowest BCUT2D eigenvalue weighted by Crippen LogP contribution is -2.57. The predicted molar refractivity (Wildman–Crippen MR) is 90.1 cm³/mol. The molecule has 3 atom stereocenters. The highest BCUT2D eigenvalue weighted by molar-refractivity contribution is 5.74. The molecular formula is C17H29N5O. The third-order valence-corrected chi connectivity index (χ3v) is 5.19. The maximum atomic E-state index is 12.6. The van der Waals surface area contributed by atoms with Gasteiger partial charge in [-0.3, -0.25) is 4.68 Å². The second-order valence-electron chi connectivity index (χ2n) is 7.23. The molecule has 0 saturated carbocycles. The number of likely N-dealkylation sites (tertiary alicyclic amines) is 2. The van der Waals surface area contributed by atoms with Crippen molar-refractivity contribution < 1.29 is 4.79 Å². The van der Waals surface area contributed by atoms with E-state index in [0.29, 0.717) is 24.4 Å². The summed E-state index contributed by atoms with van der Waals surface area (Å²) in [5, 5.41) is 7.36. The fraction of sp³-hybridized carbons (Fsp3) is 0.765. The number of urea groups is 1. The van der Waals surface area contributed by atoms with Crippen molar-refractivity contribution in [2.45, 2.75) is 38.8 Å². The Morgan fingerprint density at radius 2 is 2.26 bits per heavy atom. The number of nitrogens with zero attached hydrogens (tertiary/aromatic N) is 4. The summed E-state index contributed by atoms with van der Waals surface area (Å²) >= 11 is 0. The summed E-state index contributed by atoms with van der Waals surface area (Å²) < 4.78 is 1.92. The molecule has 6 heteroatoms. The van der Waals surface area contributed by atoms with E-state index in [1.165, 1.54) is 6.42 Å². The van der Waals surface area contributed by atoms with Gasteiger partial charge in [0.2, 0.25) is 0 Å². The first kappa shape index (κ1) is 16.3. The second kappa shape index (κ2) is 7.34. The minimum absolute atomic E-state index is 0.122. The zero-order chi connectivity index (χ0) is 16.2. The quantitative estimate of drug-likeness (QED) is 0.918. The second-order valence-corrected chi connectivity index (χ2v) is 7.23. The molecule has 6 nitrogen and oxygen atoms in total. The minimum Gasteiger partial charge on any atom is -0.338 e. The Morgan fingerprint density at radius 1 is 1.39 bits per heavy atom. The third kappa shape index (κ3) is 4.05. The van der Waals surface area contributed by atoms with E-state index in [2.05, 4.69) is 34.2 Å². The molecule has 3 heterocycles. The highest BCUT2D eigenvalue weighted by Crippen LogP contribution is 2.30. The molecule has 2 saturated heterocycles. The lowest BCUT2D eigenvalue weighted by atomic mass is 9.84. The molecule has 0 spiro atoms. The molecule has 1 aromatic rings. The van der Waals surface area contributed by atoms with Gasteiger partial charge in [0.1, 0.15) is 0 Å². The maximum Gasteiger partial charge on any atom is 0.317 e. The van der Waals surface area contributed by atoms with Crippen LogP contribution >= 0.6 is 0 Å². The molecule has 0 aromatic carbocycles. The maximum absolute atomic E-state index is 12.6. The van der Waals surface area contributed by atoms with Crippen LogP contribution < -0.4 is 5.32 Å². The Balaban J connectivity index is 1.49. The molecule has 3 rings (SSSR count). The monoisotopic (exact) mass is 319 g/mol. The van der Waals surface area contributed by atoms with Crippen LogP contribution in [0.1, 0.15) is 26.2 Å². The average Bonchev–Trinajstić information content (AvgIpc) is 3.04. The normalized spacial score (nSPS) is 26.6. The standard InChI is InChI=1S/C17H29N5O/c1-14(12-21-8-4-7-19-21)11-18-17(23)22-9-3-5-15-13-20(2)10-6-16(15)22/h4,7-8,14-16H,3,5-6,9-13H2,1-2H3,(H,18,23)/t14-,15+,16-/m1/s1. The highest BCUT2D eigenvalue weighted by Gasteiger charge is 2.37. The van der Waals surface area contributed by atoms with Crippen LogP contribution in [0.3, 0.4) is 0 Å². The molecule has 2 aliphatic rings. The smallest absolute Gasteiger partial charge is 0.317 e. The fourth-order valence-corrected chi connectivity index (χ4v) is 3.99. The van der Waals surface area contributed by atoms with E-state index in [1.807, 2.05) is 16.9 Å². The molecule has 0 radical (unpaired) electrons. The van der Waals surface area contributed by atoms with E-state index >= 15 is 0 Å². The summed E-state index contributed by atoms with van der Waals surface area (Å²) in [6.45, 7) is 6.82. The predicted octanol–water partition coefficient (Wildman–Crippen LogP) is 1.64. The molecule has 1 N–H and O–H groups in total. The topological polar surface area (TPSA) is 53.4 Å². The van der Waals surface area contributed by atoms with E-state index in [9.17, 15) is 4.79 Å². The van der Waals surface area contributed by atoms with Crippen molar-refractivity contribution in [2.75, 3.05) is 33.2 Å². The Kier molecular flexibility index (Phi) is 5.20. The average molecular weight is 319 g/mol. The molecule has 2 aliphatic heterocycles. The van der Waals surface area contributed by atoms with Crippen LogP contribution in [-0.2, 0) is 6.54 Å². The van der Waals surface area contributed by atoms with Crippen molar-refractivity contribution in [2.24, 2.45) is 11.8 Å². The van der Waals surface area contributed by atoms with E-state index < -0.39 is 0 Å². The van der Waals surface area contributed by atoms with Gasteiger partial charge in [-0.1, -0.05) is 6.92 Å². The summed E-state index contributed by atoms with van der Waals surface area (Å²) in [5.74, 6) is 1.02. The van der Waals surface area contributed by atoms with Crippen LogP contribution in [0.25, 0.3) is 0 Å². The van der Waals surface area contributed by atoms with Gasteiger partial charge in [-0.05, 0) is 50.8 Å². The number of rotatable bonds is 4.